The lowest BCUT2D eigenvalue weighted by molar-refractivity contribution is 0.102. The molecular weight excluding hydrogens is 311 g/mol. The van der Waals surface area contributed by atoms with Crippen LogP contribution in [0.25, 0.3) is 0 Å². The van der Waals surface area contributed by atoms with Crippen LogP contribution in [0.2, 0.25) is 10.2 Å². The van der Waals surface area contributed by atoms with Crippen molar-refractivity contribution in [2.45, 2.75) is 13.8 Å². The molecule has 0 radical (unpaired) electrons. The standard InChI is InChI=1S/C15H14Cl2N2O2/c1-3-21-13-6-9(2)4-5-12(13)19-15(20)10-7-11(16)14(17)18-8-10/h4-8H,3H2,1-2H3,(H,19,20). The molecule has 0 spiro atoms. The molecule has 1 amide bonds. The highest BCUT2D eigenvalue weighted by Crippen LogP contribution is 2.27. The monoisotopic (exact) mass is 324 g/mol. The van der Waals surface area contributed by atoms with Gasteiger partial charge in [-0.1, -0.05) is 29.3 Å². The summed E-state index contributed by atoms with van der Waals surface area (Å²) in [5.74, 6) is 0.296. The molecule has 1 heterocycles. The van der Waals surface area contributed by atoms with Crippen molar-refractivity contribution in [2.24, 2.45) is 0 Å². The molecule has 0 bridgehead atoms. The predicted octanol–water partition coefficient (Wildman–Crippen LogP) is 4.35. The molecule has 0 fully saturated rings. The summed E-state index contributed by atoms with van der Waals surface area (Å²) in [4.78, 5) is 16.1. The third-order valence-corrected chi connectivity index (χ3v) is 3.43. The third-order valence-electron chi connectivity index (χ3n) is 2.74. The fourth-order valence-corrected chi connectivity index (χ4v) is 2.02. The summed E-state index contributed by atoms with van der Waals surface area (Å²) < 4.78 is 5.52. The zero-order valence-corrected chi connectivity index (χ0v) is 13.1. The normalized spacial score (nSPS) is 10.3. The number of carbonyl (C=O) groups is 1. The van der Waals surface area contributed by atoms with E-state index in [4.69, 9.17) is 27.9 Å². The molecule has 0 aliphatic carbocycles. The van der Waals surface area contributed by atoms with Crippen LogP contribution in [-0.2, 0) is 0 Å². The second-order valence-electron chi connectivity index (χ2n) is 4.38. The molecule has 1 aromatic carbocycles. The van der Waals surface area contributed by atoms with Gasteiger partial charge in [-0.05, 0) is 37.6 Å². The topological polar surface area (TPSA) is 51.2 Å². The number of pyridine rings is 1. The summed E-state index contributed by atoms with van der Waals surface area (Å²) in [5, 5.41) is 3.18. The van der Waals surface area contributed by atoms with Crippen molar-refractivity contribution < 1.29 is 9.53 Å². The van der Waals surface area contributed by atoms with Gasteiger partial charge in [0.2, 0.25) is 0 Å². The number of nitrogens with one attached hydrogen (secondary N) is 1. The van der Waals surface area contributed by atoms with Gasteiger partial charge in [0.05, 0.1) is 22.9 Å². The van der Waals surface area contributed by atoms with E-state index in [2.05, 4.69) is 10.3 Å². The largest absolute Gasteiger partial charge is 0.492 e. The van der Waals surface area contributed by atoms with E-state index in [-0.39, 0.29) is 16.1 Å². The van der Waals surface area contributed by atoms with E-state index in [0.717, 1.165) is 5.56 Å². The van der Waals surface area contributed by atoms with Crippen LogP contribution in [0.15, 0.2) is 30.5 Å². The second kappa shape index (κ2) is 6.78. The van der Waals surface area contributed by atoms with Gasteiger partial charge in [0.25, 0.3) is 5.91 Å². The smallest absolute Gasteiger partial charge is 0.257 e. The molecule has 21 heavy (non-hydrogen) atoms. The zero-order valence-electron chi connectivity index (χ0n) is 11.6. The summed E-state index contributed by atoms with van der Waals surface area (Å²) in [7, 11) is 0. The van der Waals surface area contributed by atoms with Gasteiger partial charge >= 0.3 is 0 Å². The molecular formula is C15H14Cl2N2O2. The van der Waals surface area contributed by atoms with Crippen LogP contribution in [0.5, 0.6) is 5.75 Å². The molecule has 0 unspecified atom stereocenters. The van der Waals surface area contributed by atoms with Gasteiger partial charge in [-0.2, -0.15) is 0 Å². The lowest BCUT2D eigenvalue weighted by Crippen LogP contribution is -2.13. The van der Waals surface area contributed by atoms with Gasteiger partial charge < -0.3 is 10.1 Å². The van der Waals surface area contributed by atoms with Gasteiger partial charge in [-0.15, -0.1) is 0 Å². The summed E-state index contributed by atoms with van der Waals surface area (Å²) in [5.41, 5.74) is 1.97. The highest BCUT2D eigenvalue weighted by atomic mass is 35.5. The number of benzene rings is 1. The molecule has 2 rings (SSSR count). The molecule has 110 valence electrons. The summed E-state index contributed by atoms with van der Waals surface area (Å²) in [6.45, 7) is 4.36. The molecule has 6 heteroatoms. The minimum absolute atomic E-state index is 0.165. The van der Waals surface area contributed by atoms with Crippen molar-refractivity contribution in [1.29, 1.82) is 0 Å². The Hall–Kier alpha value is -1.78. The Labute approximate surface area is 133 Å². The van der Waals surface area contributed by atoms with Gasteiger partial charge in [-0.3, -0.25) is 4.79 Å². The quantitative estimate of drug-likeness (QED) is 0.851. The fraction of sp³-hybridized carbons (Fsp3) is 0.200. The molecule has 0 saturated carbocycles. The van der Waals surface area contributed by atoms with Crippen molar-refractivity contribution in [1.82, 2.24) is 4.98 Å². The number of hydrogen-bond donors (Lipinski definition) is 1. The molecule has 0 saturated heterocycles. The SMILES string of the molecule is CCOc1cc(C)ccc1NC(=O)c1cnc(Cl)c(Cl)c1. The summed E-state index contributed by atoms with van der Waals surface area (Å²) in [6, 6.07) is 7.03. The fourth-order valence-electron chi connectivity index (χ4n) is 1.75. The first kappa shape index (κ1) is 15.6. The van der Waals surface area contributed by atoms with Crippen molar-refractivity contribution in [3.8, 4) is 5.75 Å². The Morgan fingerprint density at radius 1 is 1.33 bits per heavy atom. The van der Waals surface area contributed by atoms with Crippen LogP contribution in [0.3, 0.4) is 0 Å². The first-order chi connectivity index (χ1) is 10.0. The van der Waals surface area contributed by atoms with E-state index < -0.39 is 0 Å². The highest BCUT2D eigenvalue weighted by Gasteiger charge is 2.12. The number of halogens is 2. The number of rotatable bonds is 4. The molecule has 4 nitrogen and oxygen atoms in total. The maximum Gasteiger partial charge on any atom is 0.257 e. The van der Waals surface area contributed by atoms with Crippen LogP contribution in [-0.4, -0.2) is 17.5 Å². The molecule has 1 N–H and O–H groups in total. The van der Waals surface area contributed by atoms with E-state index in [0.29, 0.717) is 23.6 Å². The van der Waals surface area contributed by atoms with Crippen molar-refractivity contribution in [2.75, 3.05) is 11.9 Å². The van der Waals surface area contributed by atoms with E-state index in [9.17, 15) is 4.79 Å². The maximum absolute atomic E-state index is 12.2. The average molecular weight is 325 g/mol. The molecule has 2 aromatic rings. The van der Waals surface area contributed by atoms with E-state index in [1.807, 2.05) is 26.0 Å². The summed E-state index contributed by atoms with van der Waals surface area (Å²) >= 11 is 11.6. The number of carbonyl (C=O) groups excluding carboxylic acids is 1. The second-order valence-corrected chi connectivity index (χ2v) is 5.15. The van der Waals surface area contributed by atoms with Gasteiger partial charge in [-0.25, -0.2) is 4.98 Å². The Balaban J connectivity index is 2.24. The first-order valence-electron chi connectivity index (χ1n) is 6.37. The van der Waals surface area contributed by atoms with E-state index >= 15 is 0 Å². The van der Waals surface area contributed by atoms with Crippen LogP contribution in [0.4, 0.5) is 5.69 Å². The Morgan fingerprint density at radius 2 is 2.10 bits per heavy atom. The number of nitrogens with zero attached hydrogens (tertiary/aromatic N) is 1. The number of ether oxygens (including phenoxy) is 1. The van der Waals surface area contributed by atoms with Crippen molar-refractivity contribution >= 4 is 34.8 Å². The lowest BCUT2D eigenvalue weighted by Gasteiger charge is -2.12. The molecule has 1 aromatic heterocycles. The van der Waals surface area contributed by atoms with Crippen LogP contribution >= 0.6 is 23.2 Å². The maximum atomic E-state index is 12.2. The lowest BCUT2D eigenvalue weighted by atomic mass is 10.2. The number of aryl methyl sites for hydroxylation is 1. The van der Waals surface area contributed by atoms with E-state index in [1.165, 1.54) is 12.3 Å². The van der Waals surface area contributed by atoms with Crippen LogP contribution in [0.1, 0.15) is 22.8 Å². The predicted molar refractivity (Wildman–Crippen MR) is 84.6 cm³/mol. The van der Waals surface area contributed by atoms with Crippen LogP contribution < -0.4 is 10.1 Å². The van der Waals surface area contributed by atoms with Crippen molar-refractivity contribution in [3.63, 3.8) is 0 Å². The van der Waals surface area contributed by atoms with Gasteiger partial charge in [0.1, 0.15) is 10.9 Å². The summed E-state index contributed by atoms with van der Waals surface area (Å²) in [6.07, 6.45) is 1.37. The third kappa shape index (κ3) is 3.86. The number of anilines is 1. The van der Waals surface area contributed by atoms with Gasteiger partial charge in [0.15, 0.2) is 0 Å². The Morgan fingerprint density at radius 3 is 2.76 bits per heavy atom. The Kier molecular flexibility index (Phi) is 5.04. The highest BCUT2D eigenvalue weighted by molar-refractivity contribution is 6.41. The number of aromatic nitrogens is 1. The number of amides is 1. The Bertz CT molecular complexity index is 675. The van der Waals surface area contributed by atoms with Crippen LogP contribution in [0, 0.1) is 6.92 Å². The molecule has 0 aliphatic rings. The molecule has 0 aliphatic heterocycles. The molecule has 0 atom stereocenters. The zero-order chi connectivity index (χ0) is 15.4. The minimum Gasteiger partial charge on any atom is -0.492 e. The van der Waals surface area contributed by atoms with Crippen molar-refractivity contribution in [3.05, 3.63) is 51.8 Å². The minimum atomic E-state index is -0.328. The van der Waals surface area contributed by atoms with Gasteiger partial charge in [0, 0.05) is 6.20 Å². The first-order valence-corrected chi connectivity index (χ1v) is 7.12. The number of hydrogen-bond acceptors (Lipinski definition) is 3. The van der Waals surface area contributed by atoms with E-state index in [1.54, 1.807) is 6.07 Å². The average Bonchev–Trinajstić information content (AvgIpc) is 2.45.